The Labute approximate surface area is 173 Å². The molecule has 1 fully saturated rings. The molecule has 3 heterocycles. The Kier molecular flexibility index (Phi) is 5.75. The number of para-hydroxylation sites is 2. The largest absolute Gasteiger partial charge is 0.450 e. The van der Waals surface area contributed by atoms with Crippen molar-refractivity contribution in [3.8, 4) is 0 Å². The predicted octanol–water partition coefficient (Wildman–Crippen LogP) is 3.29. The fraction of sp³-hybridized carbons (Fsp3) is 0.400. The standard InChI is InChI=1S/C20H24N6O2S/c1-3-28-20(27)26-10-8-25(9-11-26)19-18(21-12-15-13-29-14(2)22-15)23-16-6-4-5-7-17(16)24-19/h4-7,13H,3,8-12H2,1-2H3,(H,21,23). The van der Waals surface area contributed by atoms with E-state index in [2.05, 4.69) is 20.6 Å². The average Bonchev–Trinajstić information content (AvgIpc) is 3.17. The number of fused-ring (bicyclic) bond motifs is 1. The van der Waals surface area contributed by atoms with E-state index in [0.29, 0.717) is 39.3 Å². The van der Waals surface area contributed by atoms with Crippen LogP contribution in [0.2, 0.25) is 0 Å². The number of amides is 1. The van der Waals surface area contributed by atoms with Gasteiger partial charge in [-0.05, 0) is 26.0 Å². The minimum absolute atomic E-state index is 0.256. The minimum atomic E-state index is -0.256. The topological polar surface area (TPSA) is 83.5 Å². The average molecular weight is 413 g/mol. The number of ether oxygens (including phenoxy) is 1. The van der Waals surface area contributed by atoms with Crippen molar-refractivity contribution in [3.05, 3.63) is 40.3 Å². The molecule has 0 spiro atoms. The number of anilines is 2. The maximum absolute atomic E-state index is 12.0. The smallest absolute Gasteiger partial charge is 0.409 e. The lowest BCUT2D eigenvalue weighted by atomic mass is 10.2. The third-order valence-corrected chi connectivity index (χ3v) is 5.58. The molecular weight excluding hydrogens is 388 g/mol. The highest BCUT2D eigenvalue weighted by Crippen LogP contribution is 2.26. The van der Waals surface area contributed by atoms with Gasteiger partial charge in [0.2, 0.25) is 0 Å². The third kappa shape index (κ3) is 4.40. The van der Waals surface area contributed by atoms with Crippen LogP contribution >= 0.6 is 11.3 Å². The number of thiazole rings is 1. The minimum Gasteiger partial charge on any atom is -0.450 e. The van der Waals surface area contributed by atoms with Crippen molar-refractivity contribution in [1.82, 2.24) is 19.9 Å². The molecule has 1 N–H and O–H groups in total. The van der Waals surface area contributed by atoms with Gasteiger partial charge < -0.3 is 19.9 Å². The van der Waals surface area contributed by atoms with Gasteiger partial charge in [0, 0.05) is 31.6 Å². The molecule has 0 aliphatic carbocycles. The van der Waals surface area contributed by atoms with Gasteiger partial charge in [-0.25, -0.2) is 19.7 Å². The molecule has 29 heavy (non-hydrogen) atoms. The van der Waals surface area contributed by atoms with Gasteiger partial charge in [0.25, 0.3) is 0 Å². The van der Waals surface area contributed by atoms with Gasteiger partial charge in [-0.1, -0.05) is 12.1 Å². The first-order valence-corrected chi connectivity index (χ1v) is 10.6. The van der Waals surface area contributed by atoms with Crippen LogP contribution in [-0.2, 0) is 11.3 Å². The molecule has 0 unspecified atom stereocenters. The number of aryl methyl sites for hydroxylation is 1. The number of hydrogen-bond acceptors (Lipinski definition) is 8. The molecule has 8 nitrogen and oxygen atoms in total. The molecule has 1 saturated heterocycles. The normalized spacial score (nSPS) is 14.3. The third-order valence-electron chi connectivity index (χ3n) is 4.76. The van der Waals surface area contributed by atoms with E-state index in [0.717, 1.165) is 33.4 Å². The van der Waals surface area contributed by atoms with Crippen molar-refractivity contribution in [2.24, 2.45) is 0 Å². The predicted molar refractivity (Wildman–Crippen MR) is 115 cm³/mol. The molecule has 1 aliphatic rings. The molecule has 4 rings (SSSR count). The Morgan fingerprint density at radius 1 is 1.14 bits per heavy atom. The van der Waals surface area contributed by atoms with Crippen molar-refractivity contribution in [3.63, 3.8) is 0 Å². The molecule has 152 valence electrons. The molecule has 3 aromatic rings. The van der Waals surface area contributed by atoms with Crippen molar-refractivity contribution in [2.45, 2.75) is 20.4 Å². The van der Waals surface area contributed by atoms with Gasteiger partial charge >= 0.3 is 6.09 Å². The molecule has 1 aliphatic heterocycles. The summed E-state index contributed by atoms with van der Waals surface area (Å²) in [5.74, 6) is 1.54. The van der Waals surface area contributed by atoms with E-state index in [1.807, 2.05) is 38.1 Å². The molecule has 0 bridgehead atoms. The van der Waals surface area contributed by atoms with Crippen LogP contribution in [0.4, 0.5) is 16.4 Å². The fourth-order valence-electron chi connectivity index (χ4n) is 3.31. The summed E-state index contributed by atoms with van der Waals surface area (Å²) in [6, 6.07) is 7.85. The monoisotopic (exact) mass is 412 g/mol. The molecular formula is C20H24N6O2S. The number of piperazine rings is 1. The molecule has 2 aromatic heterocycles. The van der Waals surface area contributed by atoms with E-state index in [1.165, 1.54) is 0 Å². The molecule has 0 radical (unpaired) electrons. The van der Waals surface area contributed by atoms with Gasteiger partial charge in [0.05, 0.1) is 34.9 Å². The number of rotatable bonds is 5. The van der Waals surface area contributed by atoms with Crippen LogP contribution in [-0.4, -0.2) is 58.7 Å². The number of aromatic nitrogens is 3. The van der Waals surface area contributed by atoms with Crippen LogP contribution in [0.15, 0.2) is 29.6 Å². The van der Waals surface area contributed by atoms with Crippen LogP contribution in [0.5, 0.6) is 0 Å². The van der Waals surface area contributed by atoms with Crippen LogP contribution in [0.25, 0.3) is 11.0 Å². The summed E-state index contributed by atoms with van der Waals surface area (Å²) in [5.41, 5.74) is 2.68. The van der Waals surface area contributed by atoms with Gasteiger partial charge in [-0.3, -0.25) is 0 Å². The highest BCUT2D eigenvalue weighted by atomic mass is 32.1. The van der Waals surface area contributed by atoms with Crippen LogP contribution in [0.3, 0.4) is 0 Å². The Morgan fingerprint density at radius 2 is 1.86 bits per heavy atom. The highest BCUT2D eigenvalue weighted by Gasteiger charge is 2.25. The number of carbonyl (C=O) groups excluding carboxylic acids is 1. The van der Waals surface area contributed by atoms with Crippen molar-refractivity contribution < 1.29 is 9.53 Å². The summed E-state index contributed by atoms with van der Waals surface area (Å²) >= 11 is 1.63. The first-order valence-electron chi connectivity index (χ1n) is 9.72. The fourth-order valence-corrected chi connectivity index (χ4v) is 3.92. The van der Waals surface area contributed by atoms with Crippen LogP contribution in [0.1, 0.15) is 17.6 Å². The second kappa shape index (κ2) is 8.60. The number of benzene rings is 1. The highest BCUT2D eigenvalue weighted by molar-refractivity contribution is 7.09. The summed E-state index contributed by atoms with van der Waals surface area (Å²) in [5, 5.41) is 6.50. The lowest BCUT2D eigenvalue weighted by Crippen LogP contribution is -2.49. The van der Waals surface area contributed by atoms with E-state index in [1.54, 1.807) is 16.2 Å². The van der Waals surface area contributed by atoms with E-state index < -0.39 is 0 Å². The first kappa shape index (κ1) is 19.4. The number of carbonyl (C=O) groups is 1. The molecule has 1 amide bonds. The van der Waals surface area contributed by atoms with Crippen molar-refractivity contribution in [1.29, 1.82) is 0 Å². The maximum atomic E-state index is 12.0. The Balaban J connectivity index is 1.56. The van der Waals surface area contributed by atoms with Gasteiger partial charge in [-0.2, -0.15) is 0 Å². The van der Waals surface area contributed by atoms with Gasteiger partial charge in [0.15, 0.2) is 11.6 Å². The van der Waals surface area contributed by atoms with E-state index in [-0.39, 0.29) is 6.09 Å². The van der Waals surface area contributed by atoms with Gasteiger partial charge in [0.1, 0.15) is 0 Å². The SMILES string of the molecule is CCOC(=O)N1CCN(c2nc3ccccc3nc2NCc2csc(C)n2)CC1. The second-order valence-corrected chi connectivity index (χ2v) is 7.83. The summed E-state index contributed by atoms with van der Waals surface area (Å²) in [6.45, 7) is 7.34. The zero-order chi connectivity index (χ0) is 20.2. The lowest BCUT2D eigenvalue weighted by Gasteiger charge is -2.35. The Hall–Kier alpha value is -2.94. The zero-order valence-electron chi connectivity index (χ0n) is 16.6. The number of nitrogens with one attached hydrogen (secondary N) is 1. The summed E-state index contributed by atoms with van der Waals surface area (Å²) in [4.78, 5) is 30.1. The van der Waals surface area contributed by atoms with E-state index >= 15 is 0 Å². The summed E-state index contributed by atoms with van der Waals surface area (Å²) in [6.07, 6.45) is -0.256. The summed E-state index contributed by atoms with van der Waals surface area (Å²) < 4.78 is 5.12. The van der Waals surface area contributed by atoms with Crippen LogP contribution in [0, 0.1) is 6.92 Å². The lowest BCUT2D eigenvalue weighted by molar-refractivity contribution is 0.105. The Bertz CT molecular complexity index is 1000. The van der Waals surface area contributed by atoms with Crippen molar-refractivity contribution >= 4 is 40.1 Å². The number of nitrogens with zero attached hydrogens (tertiary/aromatic N) is 5. The molecule has 1 aromatic carbocycles. The maximum Gasteiger partial charge on any atom is 0.409 e. The first-order chi connectivity index (χ1) is 14.1. The zero-order valence-corrected chi connectivity index (χ0v) is 17.4. The van der Waals surface area contributed by atoms with Gasteiger partial charge in [-0.15, -0.1) is 11.3 Å². The molecule has 9 heteroatoms. The molecule has 0 saturated carbocycles. The Morgan fingerprint density at radius 3 is 2.52 bits per heavy atom. The van der Waals surface area contributed by atoms with Crippen LogP contribution < -0.4 is 10.2 Å². The van der Waals surface area contributed by atoms with Crippen molar-refractivity contribution in [2.75, 3.05) is 43.0 Å². The van der Waals surface area contributed by atoms with E-state index in [4.69, 9.17) is 14.7 Å². The van der Waals surface area contributed by atoms with E-state index in [9.17, 15) is 4.79 Å². The number of hydrogen-bond donors (Lipinski definition) is 1. The second-order valence-electron chi connectivity index (χ2n) is 6.77. The summed E-state index contributed by atoms with van der Waals surface area (Å²) in [7, 11) is 0. The quantitative estimate of drug-likeness (QED) is 0.688. The molecule has 0 atom stereocenters.